The van der Waals surface area contributed by atoms with Crippen molar-refractivity contribution < 1.29 is 5.11 Å². The highest BCUT2D eigenvalue weighted by molar-refractivity contribution is 4.78. The summed E-state index contributed by atoms with van der Waals surface area (Å²) < 4.78 is 0. The highest BCUT2D eigenvalue weighted by atomic mass is 16.3. The smallest absolute Gasteiger partial charge is 0.0636 e. The van der Waals surface area contributed by atoms with E-state index in [0.29, 0.717) is 6.04 Å². The fourth-order valence-corrected chi connectivity index (χ4v) is 2.50. The summed E-state index contributed by atoms with van der Waals surface area (Å²) in [6.45, 7) is 4.84. The standard InChI is InChI=1S/C12H25NO/c1-3-12(13-9-10(2)14)11-7-5-4-6-8-11/h10-14H,3-9H2,1-2H3/t10-,12?/m1/s1. The lowest BCUT2D eigenvalue weighted by Crippen LogP contribution is -2.40. The number of hydrogen-bond acceptors (Lipinski definition) is 2. The van der Waals surface area contributed by atoms with Gasteiger partial charge < -0.3 is 10.4 Å². The van der Waals surface area contributed by atoms with E-state index in [1.807, 2.05) is 6.92 Å². The molecule has 0 aromatic carbocycles. The van der Waals surface area contributed by atoms with Crippen LogP contribution in [0.3, 0.4) is 0 Å². The van der Waals surface area contributed by atoms with Crippen molar-refractivity contribution in [3.8, 4) is 0 Å². The maximum absolute atomic E-state index is 9.23. The topological polar surface area (TPSA) is 32.3 Å². The summed E-state index contributed by atoms with van der Waals surface area (Å²) in [5.74, 6) is 0.854. The Bertz CT molecular complexity index is 141. The van der Waals surface area contributed by atoms with E-state index in [1.165, 1.54) is 38.5 Å². The first-order valence-corrected chi connectivity index (χ1v) is 6.15. The average molecular weight is 199 g/mol. The van der Waals surface area contributed by atoms with Crippen LogP contribution in [0.1, 0.15) is 52.4 Å². The molecule has 0 heterocycles. The zero-order chi connectivity index (χ0) is 10.4. The monoisotopic (exact) mass is 199 g/mol. The van der Waals surface area contributed by atoms with Crippen molar-refractivity contribution in [3.63, 3.8) is 0 Å². The third-order valence-electron chi connectivity index (χ3n) is 3.33. The second kappa shape index (κ2) is 6.41. The van der Waals surface area contributed by atoms with Gasteiger partial charge in [0.15, 0.2) is 0 Å². The van der Waals surface area contributed by atoms with Gasteiger partial charge in [-0.3, -0.25) is 0 Å². The van der Waals surface area contributed by atoms with E-state index in [9.17, 15) is 5.11 Å². The minimum absolute atomic E-state index is 0.215. The molecule has 1 unspecified atom stereocenters. The van der Waals surface area contributed by atoms with Gasteiger partial charge in [0, 0.05) is 12.6 Å². The molecule has 14 heavy (non-hydrogen) atoms. The lowest BCUT2D eigenvalue weighted by atomic mass is 9.83. The average Bonchev–Trinajstić information content (AvgIpc) is 2.20. The predicted molar refractivity (Wildman–Crippen MR) is 60.3 cm³/mol. The van der Waals surface area contributed by atoms with Crippen molar-refractivity contribution in [2.45, 2.75) is 64.5 Å². The first-order chi connectivity index (χ1) is 6.74. The molecule has 0 bridgehead atoms. The number of aliphatic hydroxyl groups is 1. The summed E-state index contributed by atoms with van der Waals surface area (Å²) in [6.07, 6.45) is 7.96. The van der Waals surface area contributed by atoms with Crippen molar-refractivity contribution in [3.05, 3.63) is 0 Å². The number of hydrogen-bond donors (Lipinski definition) is 2. The lowest BCUT2D eigenvalue weighted by molar-refractivity contribution is 0.171. The maximum Gasteiger partial charge on any atom is 0.0636 e. The fourth-order valence-electron chi connectivity index (χ4n) is 2.50. The molecular weight excluding hydrogens is 174 g/mol. The summed E-state index contributed by atoms with van der Waals surface area (Å²) in [6, 6.07) is 0.630. The molecule has 2 N–H and O–H groups in total. The van der Waals surface area contributed by atoms with Crippen molar-refractivity contribution >= 4 is 0 Å². The third kappa shape index (κ3) is 3.97. The Morgan fingerprint density at radius 2 is 1.93 bits per heavy atom. The molecule has 0 amide bonds. The van der Waals surface area contributed by atoms with E-state index >= 15 is 0 Å². The Balaban J connectivity index is 2.28. The lowest BCUT2D eigenvalue weighted by Gasteiger charge is -2.30. The van der Waals surface area contributed by atoms with Gasteiger partial charge >= 0.3 is 0 Å². The molecule has 1 aliphatic carbocycles. The van der Waals surface area contributed by atoms with Crippen molar-refractivity contribution in [2.75, 3.05) is 6.54 Å². The van der Waals surface area contributed by atoms with Gasteiger partial charge in [-0.2, -0.15) is 0 Å². The predicted octanol–water partition coefficient (Wildman–Crippen LogP) is 2.32. The molecule has 1 saturated carbocycles. The second-order valence-electron chi connectivity index (χ2n) is 4.67. The quantitative estimate of drug-likeness (QED) is 0.712. The number of rotatable bonds is 5. The van der Waals surface area contributed by atoms with Crippen LogP contribution in [0.2, 0.25) is 0 Å². The Morgan fingerprint density at radius 3 is 2.43 bits per heavy atom. The van der Waals surface area contributed by atoms with E-state index < -0.39 is 0 Å². The van der Waals surface area contributed by atoms with Gasteiger partial charge in [0.2, 0.25) is 0 Å². The highest BCUT2D eigenvalue weighted by Crippen LogP contribution is 2.27. The molecule has 2 nitrogen and oxygen atoms in total. The summed E-state index contributed by atoms with van der Waals surface area (Å²) >= 11 is 0. The van der Waals surface area contributed by atoms with E-state index in [2.05, 4.69) is 12.2 Å². The molecule has 1 rings (SSSR count). The van der Waals surface area contributed by atoms with E-state index in [1.54, 1.807) is 0 Å². The summed E-state index contributed by atoms with van der Waals surface area (Å²) in [5.41, 5.74) is 0. The molecule has 2 atom stereocenters. The Labute approximate surface area is 88.1 Å². The van der Waals surface area contributed by atoms with Crippen LogP contribution in [0, 0.1) is 5.92 Å². The normalized spacial score (nSPS) is 23.4. The third-order valence-corrected chi connectivity index (χ3v) is 3.33. The van der Waals surface area contributed by atoms with Gasteiger partial charge in [-0.1, -0.05) is 26.2 Å². The van der Waals surface area contributed by atoms with Gasteiger partial charge in [-0.05, 0) is 32.1 Å². The number of aliphatic hydroxyl groups excluding tert-OH is 1. The van der Waals surface area contributed by atoms with Crippen molar-refractivity contribution in [1.29, 1.82) is 0 Å². The van der Waals surface area contributed by atoms with Gasteiger partial charge in [0.05, 0.1) is 6.10 Å². The van der Waals surface area contributed by atoms with Crippen molar-refractivity contribution in [2.24, 2.45) is 5.92 Å². The number of nitrogens with one attached hydrogen (secondary N) is 1. The van der Waals surface area contributed by atoms with Crippen LogP contribution in [-0.4, -0.2) is 23.8 Å². The summed E-state index contributed by atoms with van der Waals surface area (Å²) in [7, 11) is 0. The molecule has 0 aromatic heterocycles. The van der Waals surface area contributed by atoms with Crippen LogP contribution in [0.25, 0.3) is 0 Å². The largest absolute Gasteiger partial charge is 0.392 e. The first kappa shape index (κ1) is 12.0. The Hall–Kier alpha value is -0.0800. The molecule has 1 aliphatic rings. The van der Waals surface area contributed by atoms with Crippen LogP contribution in [0.15, 0.2) is 0 Å². The van der Waals surface area contributed by atoms with Gasteiger partial charge in [-0.25, -0.2) is 0 Å². The molecule has 0 saturated heterocycles. The van der Waals surface area contributed by atoms with Crippen LogP contribution in [-0.2, 0) is 0 Å². The minimum atomic E-state index is -0.215. The summed E-state index contributed by atoms with van der Waals surface area (Å²) in [4.78, 5) is 0. The van der Waals surface area contributed by atoms with Gasteiger partial charge in [0.1, 0.15) is 0 Å². The minimum Gasteiger partial charge on any atom is -0.392 e. The van der Waals surface area contributed by atoms with Crippen LogP contribution in [0.4, 0.5) is 0 Å². The molecule has 2 heteroatoms. The van der Waals surface area contributed by atoms with Crippen LogP contribution < -0.4 is 5.32 Å². The van der Waals surface area contributed by atoms with Crippen molar-refractivity contribution in [1.82, 2.24) is 5.32 Å². The molecule has 0 aliphatic heterocycles. The molecule has 1 fully saturated rings. The van der Waals surface area contributed by atoms with E-state index in [-0.39, 0.29) is 6.10 Å². The van der Waals surface area contributed by atoms with Crippen LogP contribution >= 0.6 is 0 Å². The molecule has 0 radical (unpaired) electrons. The highest BCUT2D eigenvalue weighted by Gasteiger charge is 2.21. The Morgan fingerprint density at radius 1 is 1.29 bits per heavy atom. The molecule has 0 aromatic rings. The first-order valence-electron chi connectivity index (χ1n) is 6.15. The van der Waals surface area contributed by atoms with Crippen LogP contribution in [0.5, 0.6) is 0 Å². The van der Waals surface area contributed by atoms with E-state index in [4.69, 9.17) is 0 Å². The fraction of sp³-hybridized carbons (Fsp3) is 1.00. The van der Waals surface area contributed by atoms with Gasteiger partial charge in [0.25, 0.3) is 0 Å². The Kier molecular flexibility index (Phi) is 5.49. The second-order valence-corrected chi connectivity index (χ2v) is 4.67. The molecule has 84 valence electrons. The zero-order valence-corrected chi connectivity index (χ0v) is 9.63. The SMILES string of the molecule is CCC(NC[C@@H](C)O)C1CCCCC1. The zero-order valence-electron chi connectivity index (χ0n) is 9.63. The maximum atomic E-state index is 9.23. The van der Waals surface area contributed by atoms with Gasteiger partial charge in [-0.15, -0.1) is 0 Å². The molecular formula is C12H25NO. The molecule has 0 spiro atoms. The van der Waals surface area contributed by atoms with E-state index in [0.717, 1.165) is 12.5 Å². The summed E-state index contributed by atoms with van der Waals surface area (Å²) in [5, 5.41) is 12.7.